The van der Waals surface area contributed by atoms with Crippen molar-refractivity contribution >= 4 is 22.9 Å². The van der Waals surface area contributed by atoms with Gasteiger partial charge in [0.1, 0.15) is 16.9 Å². The first-order chi connectivity index (χ1) is 16.4. The lowest BCUT2D eigenvalue weighted by atomic mass is 10.2. The molecule has 4 aromatic rings. The third-order valence-electron chi connectivity index (χ3n) is 5.28. The summed E-state index contributed by atoms with van der Waals surface area (Å²) in [6.07, 6.45) is 6.43. The van der Waals surface area contributed by atoms with Crippen molar-refractivity contribution in [1.29, 1.82) is 0 Å². The molecule has 9 nitrogen and oxygen atoms in total. The van der Waals surface area contributed by atoms with Crippen molar-refractivity contribution in [3.63, 3.8) is 0 Å². The number of carbonyl (C=O) groups is 1. The molecule has 1 aliphatic rings. The van der Waals surface area contributed by atoms with Crippen LogP contribution in [0.25, 0.3) is 17.0 Å². The molecule has 0 unspecified atom stereocenters. The quantitative estimate of drug-likeness (QED) is 0.406. The van der Waals surface area contributed by atoms with Crippen LogP contribution in [-0.2, 0) is 0 Å². The predicted molar refractivity (Wildman–Crippen MR) is 122 cm³/mol. The van der Waals surface area contributed by atoms with Crippen LogP contribution in [0.4, 0.5) is 20.3 Å². The van der Waals surface area contributed by atoms with Gasteiger partial charge in [0.2, 0.25) is 5.82 Å². The lowest BCUT2D eigenvalue weighted by molar-refractivity contribution is 0.100. The van der Waals surface area contributed by atoms with E-state index in [-0.39, 0.29) is 28.9 Å². The number of nitrogens with one attached hydrogen (secondary N) is 1. The molecule has 34 heavy (non-hydrogen) atoms. The number of nitrogens with zero attached hydrogens (tertiary/aromatic N) is 5. The van der Waals surface area contributed by atoms with Crippen LogP contribution in [0.3, 0.4) is 0 Å². The van der Waals surface area contributed by atoms with E-state index in [1.54, 1.807) is 30.5 Å². The van der Waals surface area contributed by atoms with E-state index in [4.69, 9.17) is 10.8 Å². The monoisotopic (exact) mass is 467 g/mol. The van der Waals surface area contributed by atoms with E-state index in [1.165, 1.54) is 41.9 Å². The first kappa shape index (κ1) is 23.2. The number of anilines is 2. The Morgan fingerprint density at radius 3 is 2.62 bits per heavy atom. The Morgan fingerprint density at radius 2 is 1.94 bits per heavy atom. The summed E-state index contributed by atoms with van der Waals surface area (Å²) >= 11 is 0. The number of rotatable bonds is 5. The number of halogens is 2. The first-order valence-corrected chi connectivity index (χ1v) is 10.7. The minimum Gasteiger partial charge on any atom is -0.393 e. The van der Waals surface area contributed by atoms with Gasteiger partial charge >= 0.3 is 0 Å². The fraction of sp³-hybridized carbons (Fsp3) is 0.261. The van der Waals surface area contributed by atoms with Crippen LogP contribution in [0.1, 0.15) is 48.2 Å². The van der Waals surface area contributed by atoms with Gasteiger partial charge in [0.05, 0.1) is 17.4 Å². The average Bonchev–Trinajstić information content (AvgIpc) is 3.51. The van der Waals surface area contributed by atoms with E-state index in [0.29, 0.717) is 17.0 Å². The molecule has 1 fully saturated rings. The molecule has 5 rings (SSSR count). The molecule has 11 heteroatoms. The largest absolute Gasteiger partial charge is 0.393 e. The highest BCUT2D eigenvalue weighted by Gasteiger charge is 2.16. The van der Waals surface area contributed by atoms with Crippen molar-refractivity contribution < 1.29 is 18.7 Å². The van der Waals surface area contributed by atoms with Gasteiger partial charge in [-0.25, -0.2) is 23.3 Å². The number of primary amides is 1. The van der Waals surface area contributed by atoms with E-state index in [2.05, 4.69) is 25.4 Å². The molecule has 1 aliphatic carbocycles. The standard InChI is InChI=1S/C18H13F2N7O.C5H10O/c19-15(20)12-3-1-4-13(23-12)17-25-18(14-5-2-8-27(14)26-17)24-11-6-7-22-9-10(11)16(21)28;6-5-3-1-2-4-5/h1-9,15H,(H2,21,28)(H,22,24,25,26);5-6H,1-4H2. The molecule has 0 spiro atoms. The second-order valence-electron chi connectivity index (χ2n) is 7.72. The molecule has 4 N–H and O–H groups in total. The SMILES string of the molecule is NC(=O)c1cnccc1Nc1nc(-c2cccc(C(F)F)n2)nn2cccc12.OC1CCCC1. The summed E-state index contributed by atoms with van der Waals surface area (Å²) in [5.74, 6) is -0.154. The Kier molecular flexibility index (Phi) is 7.02. The summed E-state index contributed by atoms with van der Waals surface area (Å²) < 4.78 is 27.5. The van der Waals surface area contributed by atoms with Crippen LogP contribution in [0, 0.1) is 0 Å². The lowest BCUT2D eigenvalue weighted by Gasteiger charge is -2.12. The van der Waals surface area contributed by atoms with Gasteiger partial charge in [-0.2, -0.15) is 0 Å². The molecule has 0 aliphatic heterocycles. The van der Waals surface area contributed by atoms with E-state index in [0.717, 1.165) is 12.8 Å². The van der Waals surface area contributed by atoms with Crippen molar-refractivity contribution in [3.05, 3.63) is 66.2 Å². The molecular weight excluding hydrogens is 444 g/mol. The van der Waals surface area contributed by atoms with Crippen LogP contribution in [0.2, 0.25) is 0 Å². The maximum atomic E-state index is 13.0. The normalized spacial score (nSPS) is 13.6. The Labute approximate surface area is 193 Å². The average molecular weight is 467 g/mol. The molecule has 4 heterocycles. The smallest absolute Gasteiger partial charge is 0.280 e. The van der Waals surface area contributed by atoms with Gasteiger partial charge < -0.3 is 16.2 Å². The molecule has 4 aromatic heterocycles. The number of aliphatic hydroxyl groups is 1. The Morgan fingerprint density at radius 1 is 1.15 bits per heavy atom. The number of aliphatic hydroxyl groups excluding tert-OH is 1. The van der Waals surface area contributed by atoms with Gasteiger partial charge in [-0.3, -0.25) is 9.78 Å². The number of alkyl halides is 2. The zero-order valence-corrected chi connectivity index (χ0v) is 18.1. The van der Waals surface area contributed by atoms with Crippen LogP contribution >= 0.6 is 0 Å². The maximum absolute atomic E-state index is 13.0. The van der Waals surface area contributed by atoms with Crippen LogP contribution in [0.15, 0.2) is 55.0 Å². The van der Waals surface area contributed by atoms with Gasteiger partial charge in [0, 0.05) is 18.6 Å². The Bertz CT molecular complexity index is 1290. The van der Waals surface area contributed by atoms with Gasteiger partial charge in [-0.15, -0.1) is 5.10 Å². The molecule has 0 saturated heterocycles. The first-order valence-electron chi connectivity index (χ1n) is 10.7. The summed E-state index contributed by atoms with van der Waals surface area (Å²) in [5, 5.41) is 16.1. The highest BCUT2D eigenvalue weighted by atomic mass is 19.3. The summed E-state index contributed by atoms with van der Waals surface area (Å²) in [6, 6.07) is 9.34. The second-order valence-corrected chi connectivity index (χ2v) is 7.72. The summed E-state index contributed by atoms with van der Waals surface area (Å²) in [5.41, 5.74) is 6.42. The van der Waals surface area contributed by atoms with Crippen molar-refractivity contribution in [1.82, 2.24) is 24.6 Å². The highest BCUT2D eigenvalue weighted by Crippen LogP contribution is 2.26. The maximum Gasteiger partial charge on any atom is 0.280 e. The Hall–Kier alpha value is -3.99. The van der Waals surface area contributed by atoms with Crippen LogP contribution in [-0.4, -0.2) is 41.7 Å². The zero-order valence-electron chi connectivity index (χ0n) is 18.1. The zero-order chi connectivity index (χ0) is 24.1. The molecule has 176 valence electrons. The number of hydrogen-bond donors (Lipinski definition) is 3. The molecule has 1 saturated carbocycles. The Balaban J connectivity index is 0.000000398. The third-order valence-corrected chi connectivity index (χ3v) is 5.28. The number of fused-ring (bicyclic) bond motifs is 1. The van der Waals surface area contributed by atoms with E-state index in [1.807, 2.05) is 0 Å². The summed E-state index contributed by atoms with van der Waals surface area (Å²) in [6.45, 7) is 0. The second kappa shape index (κ2) is 10.3. The van der Waals surface area contributed by atoms with Crippen molar-refractivity contribution in [2.24, 2.45) is 5.73 Å². The lowest BCUT2D eigenvalue weighted by Crippen LogP contribution is -2.14. The number of amides is 1. The number of carbonyl (C=O) groups excluding carboxylic acids is 1. The van der Waals surface area contributed by atoms with E-state index in [9.17, 15) is 13.6 Å². The van der Waals surface area contributed by atoms with Crippen LogP contribution < -0.4 is 11.1 Å². The fourth-order valence-corrected chi connectivity index (χ4v) is 3.56. The number of pyridine rings is 2. The molecule has 0 radical (unpaired) electrons. The number of aromatic nitrogens is 5. The van der Waals surface area contributed by atoms with Crippen molar-refractivity contribution in [2.75, 3.05) is 5.32 Å². The van der Waals surface area contributed by atoms with Gasteiger partial charge in [0.25, 0.3) is 12.3 Å². The number of hydrogen-bond acceptors (Lipinski definition) is 7. The van der Waals surface area contributed by atoms with Gasteiger partial charge in [0.15, 0.2) is 5.82 Å². The van der Waals surface area contributed by atoms with Crippen molar-refractivity contribution in [2.45, 2.75) is 38.2 Å². The van der Waals surface area contributed by atoms with Crippen LogP contribution in [0.5, 0.6) is 0 Å². The molecular formula is C23H23F2N7O2. The van der Waals surface area contributed by atoms with E-state index < -0.39 is 12.3 Å². The molecule has 0 atom stereocenters. The minimum atomic E-state index is -2.71. The summed E-state index contributed by atoms with van der Waals surface area (Å²) in [4.78, 5) is 23.9. The number of nitrogens with two attached hydrogens (primary N) is 1. The van der Waals surface area contributed by atoms with E-state index >= 15 is 0 Å². The highest BCUT2D eigenvalue weighted by molar-refractivity contribution is 5.99. The van der Waals surface area contributed by atoms with Crippen molar-refractivity contribution in [3.8, 4) is 11.5 Å². The predicted octanol–water partition coefficient (Wildman–Crippen LogP) is 3.89. The molecule has 1 amide bonds. The molecule has 0 bridgehead atoms. The third kappa shape index (κ3) is 5.31. The summed E-state index contributed by atoms with van der Waals surface area (Å²) in [7, 11) is 0. The fourth-order valence-electron chi connectivity index (χ4n) is 3.56. The van der Waals surface area contributed by atoms with Gasteiger partial charge in [-0.05, 0) is 43.2 Å². The van der Waals surface area contributed by atoms with Gasteiger partial charge in [-0.1, -0.05) is 18.9 Å². The minimum absolute atomic E-state index is 0.0463. The topological polar surface area (TPSA) is 131 Å². The molecule has 0 aromatic carbocycles.